The first-order valence-corrected chi connectivity index (χ1v) is 7.30. The van der Waals surface area contributed by atoms with Gasteiger partial charge in [-0.3, -0.25) is 4.90 Å². The molecule has 0 N–H and O–H groups in total. The molecule has 0 spiro atoms. The van der Waals surface area contributed by atoms with Crippen molar-refractivity contribution in [3.63, 3.8) is 0 Å². The molecule has 1 fully saturated rings. The van der Waals surface area contributed by atoms with Crippen LogP contribution in [0.5, 0.6) is 0 Å². The van der Waals surface area contributed by atoms with Crippen LogP contribution in [0.25, 0.3) is 10.8 Å². The number of aldehydes is 1. The zero-order valence-electron chi connectivity index (χ0n) is 10.5. The van der Waals surface area contributed by atoms with Crippen molar-refractivity contribution in [3.8, 4) is 10.8 Å². The van der Waals surface area contributed by atoms with E-state index >= 15 is 0 Å². The molecule has 100 valence electrons. The number of piperidine rings is 1. The topological polar surface area (TPSA) is 59.2 Å². The third-order valence-electron chi connectivity index (χ3n) is 3.37. The molecule has 3 heterocycles. The van der Waals surface area contributed by atoms with Crippen LogP contribution in [0.15, 0.2) is 22.0 Å². The van der Waals surface area contributed by atoms with Gasteiger partial charge in [-0.2, -0.15) is 4.98 Å². The lowest BCUT2D eigenvalue weighted by Gasteiger charge is -2.30. The molecule has 5 nitrogen and oxygen atoms in total. The van der Waals surface area contributed by atoms with Crippen LogP contribution in [0.1, 0.15) is 25.1 Å². The predicted molar refractivity (Wildman–Crippen MR) is 71.7 cm³/mol. The lowest BCUT2D eigenvalue weighted by Crippen LogP contribution is -2.40. The minimum atomic E-state index is -0.00237. The van der Waals surface area contributed by atoms with Gasteiger partial charge in [-0.15, -0.1) is 11.3 Å². The molecular weight excluding hydrogens is 262 g/mol. The van der Waals surface area contributed by atoms with Crippen molar-refractivity contribution in [1.29, 1.82) is 0 Å². The second kappa shape index (κ2) is 5.63. The average Bonchev–Trinajstić information content (AvgIpc) is 3.09. The molecule has 2 aromatic rings. The van der Waals surface area contributed by atoms with Crippen molar-refractivity contribution in [1.82, 2.24) is 15.0 Å². The number of hydrogen-bond acceptors (Lipinski definition) is 6. The molecule has 0 saturated carbocycles. The molecule has 3 rings (SSSR count). The van der Waals surface area contributed by atoms with E-state index in [1.165, 1.54) is 0 Å². The van der Waals surface area contributed by atoms with Gasteiger partial charge in [0.1, 0.15) is 6.29 Å². The molecule has 1 saturated heterocycles. The van der Waals surface area contributed by atoms with Crippen LogP contribution in [0.3, 0.4) is 0 Å². The molecule has 0 bridgehead atoms. The number of hydrogen-bond donors (Lipinski definition) is 0. The van der Waals surface area contributed by atoms with E-state index in [4.69, 9.17) is 4.52 Å². The Morgan fingerprint density at radius 3 is 3.26 bits per heavy atom. The quantitative estimate of drug-likeness (QED) is 0.803. The third kappa shape index (κ3) is 2.74. The Morgan fingerprint density at radius 2 is 2.47 bits per heavy atom. The van der Waals surface area contributed by atoms with E-state index in [2.05, 4.69) is 15.0 Å². The summed E-state index contributed by atoms with van der Waals surface area (Å²) in [6, 6.07) is 3.91. The zero-order valence-corrected chi connectivity index (χ0v) is 11.3. The van der Waals surface area contributed by atoms with Crippen molar-refractivity contribution in [2.75, 3.05) is 6.54 Å². The van der Waals surface area contributed by atoms with Gasteiger partial charge in [0.15, 0.2) is 5.82 Å². The molecular formula is C13H15N3O2S. The van der Waals surface area contributed by atoms with Gasteiger partial charge in [-0.1, -0.05) is 17.6 Å². The largest absolute Gasteiger partial charge is 0.333 e. The Labute approximate surface area is 115 Å². The van der Waals surface area contributed by atoms with Gasteiger partial charge in [0.25, 0.3) is 5.89 Å². The first kappa shape index (κ1) is 12.5. The van der Waals surface area contributed by atoms with E-state index in [1.54, 1.807) is 11.3 Å². The maximum absolute atomic E-state index is 11.0. The molecule has 1 aliphatic rings. The summed E-state index contributed by atoms with van der Waals surface area (Å²) >= 11 is 1.57. The van der Waals surface area contributed by atoms with Crippen LogP contribution in [-0.4, -0.2) is 33.9 Å². The summed E-state index contributed by atoms with van der Waals surface area (Å²) < 4.78 is 5.25. The summed E-state index contributed by atoms with van der Waals surface area (Å²) in [5, 5.41) is 5.98. The number of carbonyl (C=O) groups excluding carboxylic acids is 1. The first-order valence-electron chi connectivity index (χ1n) is 6.42. The maximum atomic E-state index is 11.0. The van der Waals surface area contributed by atoms with Gasteiger partial charge in [-0.05, 0) is 30.8 Å². The van der Waals surface area contributed by atoms with Crippen LogP contribution < -0.4 is 0 Å². The van der Waals surface area contributed by atoms with Gasteiger partial charge in [0.2, 0.25) is 0 Å². The highest BCUT2D eigenvalue weighted by Crippen LogP contribution is 2.23. The standard InChI is InChI=1S/C13H15N3O2S/c17-9-10-4-1-2-6-16(10)8-12-14-13(18-15-12)11-5-3-7-19-11/h3,5,7,9-10H,1-2,4,6,8H2. The average molecular weight is 277 g/mol. The zero-order chi connectivity index (χ0) is 13.1. The molecule has 0 amide bonds. The number of aromatic nitrogens is 2. The van der Waals surface area contributed by atoms with Gasteiger partial charge < -0.3 is 9.32 Å². The minimum Gasteiger partial charge on any atom is -0.333 e. The fourth-order valence-electron chi connectivity index (χ4n) is 2.37. The highest BCUT2D eigenvalue weighted by atomic mass is 32.1. The second-order valence-corrected chi connectivity index (χ2v) is 5.61. The van der Waals surface area contributed by atoms with Gasteiger partial charge in [-0.25, -0.2) is 0 Å². The fourth-order valence-corrected chi connectivity index (χ4v) is 3.01. The van der Waals surface area contributed by atoms with Crippen molar-refractivity contribution >= 4 is 17.6 Å². The molecule has 19 heavy (non-hydrogen) atoms. The molecule has 1 atom stereocenters. The van der Waals surface area contributed by atoms with Crippen molar-refractivity contribution in [2.45, 2.75) is 31.8 Å². The summed E-state index contributed by atoms with van der Waals surface area (Å²) in [6.45, 7) is 1.50. The van der Waals surface area contributed by atoms with Gasteiger partial charge in [0.05, 0.1) is 17.5 Å². The lowest BCUT2D eigenvalue weighted by molar-refractivity contribution is -0.113. The SMILES string of the molecule is O=CC1CCCCN1Cc1noc(-c2cccs2)n1. The van der Waals surface area contributed by atoms with Crippen LogP contribution in [-0.2, 0) is 11.3 Å². The monoisotopic (exact) mass is 277 g/mol. The van der Waals surface area contributed by atoms with Crippen molar-refractivity contribution in [3.05, 3.63) is 23.3 Å². The highest BCUT2D eigenvalue weighted by Gasteiger charge is 2.23. The Bertz CT molecular complexity index is 538. The number of likely N-dealkylation sites (tertiary alicyclic amines) is 1. The Hall–Kier alpha value is -1.53. The summed E-state index contributed by atoms with van der Waals surface area (Å²) in [7, 11) is 0. The minimum absolute atomic E-state index is 0.00237. The fraction of sp³-hybridized carbons (Fsp3) is 0.462. The second-order valence-electron chi connectivity index (χ2n) is 4.66. The highest BCUT2D eigenvalue weighted by molar-refractivity contribution is 7.13. The van der Waals surface area contributed by atoms with Crippen molar-refractivity contribution < 1.29 is 9.32 Å². The Balaban J connectivity index is 1.71. The van der Waals surface area contributed by atoms with E-state index in [9.17, 15) is 4.79 Å². The molecule has 0 aromatic carbocycles. The maximum Gasteiger partial charge on any atom is 0.268 e. The smallest absolute Gasteiger partial charge is 0.268 e. The number of thiophene rings is 1. The first-order chi connectivity index (χ1) is 9.36. The van der Waals surface area contributed by atoms with Crippen LogP contribution >= 0.6 is 11.3 Å². The molecule has 1 aliphatic heterocycles. The summed E-state index contributed by atoms with van der Waals surface area (Å²) in [6.07, 6.45) is 4.20. The number of rotatable bonds is 4. The molecule has 6 heteroatoms. The van der Waals surface area contributed by atoms with Gasteiger partial charge in [0, 0.05) is 0 Å². The predicted octanol–water partition coefficient (Wildman–Crippen LogP) is 2.35. The Kier molecular flexibility index (Phi) is 3.70. The van der Waals surface area contributed by atoms with E-state index in [1.807, 2.05) is 17.5 Å². The Morgan fingerprint density at radius 1 is 1.53 bits per heavy atom. The van der Waals surface area contributed by atoms with Crippen molar-refractivity contribution in [2.24, 2.45) is 0 Å². The summed E-state index contributed by atoms with van der Waals surface area (Å²) in [5.74, 6) is 1.21. The molecule has 0 aliphatic carbocycles. The van der Waals surface area contributed by atoms with Crippen LogP contribution in [0.4, 0.5) is 0 Å². The normalized spacial score (nSPS) is 20.5. The van der Waals surface area contributed by atoms with Gasteiger partial charge >= 0.3 is 0 Å². The van der Waals surface area contributed by atoms with E-state index in [0.29, 0.717) is 18.3 Å². The number of carbonyl (C=O) groups is 1. The van der Waals surface area contributed by atoms with E-state index in [-0.39, 0.29) is 6.04 Å². The van der Waals surface area contributed by atoms with E-state index in [0.717, 1.165) is 37.0 Å². The molecule has 2 aromatic heterocycles. The number of nitrogens with zero attached hydrogens (tertiary/aromatic N) is 3. The van der Waals surface area contributed by atoms with Crippen LogP contribution in [0.2, 0.25) is 0 Å². The van der Waals surface area contributed by atoms with E-state index < -0.39 is 0 Å². The summed E-state index contributed by atoms with van der Waals surface area (Å²) in [5.41, 5.74) is 0. The third-order valence-corrected chi connectivity index (χ3v) is 4.22. The molecule has 0 radical (unpaired) electrons. The van der Waals surface area contributed by atoms with Crippen LogP contribution in [0, 0.1) is 0 Å². The summed E-state index contributed by atoms with van der Waals surface area (Å²) in [4.78, 5) is 18.5. The lowest BCUT2D eigenvalue weighted by atomic mass is 10.0. The molecule has 1 unspecified atom stereocenters.